The number of benzene rings is 1. The second-order valence-electron chi connectivity index (χ2n) is 4.43. The van der Waals surface area contributed by atoms with Crippen LogP contribution in [0, 0.1) is 0 Å². The minimum atomic E-state index is -0.998. The lowest BCUT2D eigenvalue weighted by molar-refractivity contribution is -0.129. The zero-order valence-corrected chi connectivity index (χ0v) is 11.0. The molecule has 1 amide bonds. The quantitative estimate of drug-likeness (QED) is 0.596. The van der Waals surface area contributed by atoms with Crippen molar-refractivity contribution in [3.63, 3.8) is 0 Å². The van der Waals surface area contributed by atoms with Crippen molar-refractivity contribution in [3.05, 3.63) is 30.3 Å². The smallest absolute Gasteiger partial charge is 0.407 e. The van der Waals surface area contributed by atoms with Gasteiger partial charge in [0.05, 0.1) is 0 Å². The lowest BCUT2D eigenvalue weighted by Gasteiger charge is -2.29. The molecular formula is C14H21NO3. The SMILES string of the molecule is CCCCCC(C)(OC(N)=O)Oc1ccccc1. The fourth-order valence-corrected chi connectivity index (χ4v) is 1.77. The summed E-state index contributed by atoms with van der Waals surface area (Å²) in [6, 6.07) is 9.28. The van der Waals surface area contributed by atoms with Crippen LogP contribution in [0.5, 0.6) is 5.75 Å². The summed E-state index contributed by atoms with van der Waals surface area (Å²) in [5, 5.41) is 0. The molecule has 2 N–H and O–H groups in total. The molecule has 18 heavy (non-hydrogen) atoms. The highest BCUT2D eigenvalue weighted by Gasteiger charge is 2.29. The van der Waals surface area contributed by atoms with E-state index in [9.17, 15) is 4.79 Å². The van der Waals surface area contributed by atoms with Gasteiger partial charge in [-0.25, -0.2) is 4.79 Å². The molecule has 1 atom stereocenters. The molecule has 0 heterocycles. The Morgan fingerprint density at radius 3 is 2.50 bits per heavy atom. The van der Waals surface area contributed by atoms with Crippen LogP contribution in [0.15, 0.2) is 30.3 Å². The summed E-state index contributed by atoms with van der Waals surface area (Å²) in [5.74, 6) is -0.333. The summed E-state index contributed by atoms with van der Waals surface area (Å²) in [6.07, 6.45) is 2.89. The normalized spacial score (nSPS) is 13.7. The van der Waals surface area contributed by atoms with Crippen molar-refractivity contribution in [2.45, 2.75) is 45.3 Å². The van der Waals surface area contributed by atoms with E-state index >= 15 is 0 Å². The van der Waals surface area contributed by atoms with Gasteiger partial charge >= 0.3 is 6.09 Å². The largest absolute Gasteiger partial charge is 0.452 e. The Kier molecular flexibility index (Phi) is 5.49. The predicted octanol–water partition coefficient (Wildman–Crippen LogP) is 3.46. The van der Waals surface area contributed by atoms with E-state index in [1.165, 1.54) is 0 Å². The summed E-state index contributed by atoms with van der Waals surface area (Å²) in [7, 11) is 0. The van der Waals surface area contributed by atoms with Crippen LogP contribution in [-0.2, 0) is 4.74 Å². The Balaban J connectivity index is 2.67. The predicted molar refractivity (Wildman–Crippen MR) is 70.3 cm³/mol. The number of primary amides is 1. The molecule has 0 aliphatic rings. The number of unbranched alkanes of at least 4 members (excludes halogenated alkanes) is 2. The van der Waals surface area contributed by atoms with Gasteiger partial charge in [0, 0.05) is 13.3 Å². The van der Waals surface area contributed by atoms with Gasteiger partial charge in [0.25, 0.3) is 5.79 Å². The molecular weight excluding hydrogens is 230 g/mol. The van der Waals surface area contributed by atoms with Crippen molar-refractivity contribution < 1.29 is 14.3 Å². The molecule has 4 nitrogen and oxygen atoms in total. The first kappa shape index (κ1) is 14.4. The topological polar surface area (TPSA) is 61.5 Å². The third-order valence-electron chi connectivity index (χ3n) is 2.63. The van der Waals surface area contributed by atoms with Crippen LogP contribution in [0.4, 0.5) is 4.79 Å². The molecule has 4 heteroatoms. The highest BCUT2D eigenvalue weighted by Crippen LogP contribution is 2.24. The van der Waals surface area contributed by atoms with Gasteiger partial charge in [-0.3, -0.25) is 0 Å². The molecule has 0 saturated carbocycles. The third-order valence-corrected chi connectivity index (χ3v) is 2.63. The van der Waals surface area contributed by atoms with E-state index < -0.39 is 11.9 Å². The molecule has 0 bridgehead atoms. The van der Waals surface area contributed by atoms with Gasteiger partial charge in [0.2, 0.25) is 0 Å². The monoisotopic (exact) mass is 251 g/mol. The molecule has 0 saturated heterocycles. The number of para-hydroxylation sites is 1. The highest BCUT2D eigenvalue weighted by atomic mass is 16.7. The van der Waals surface area contributed by atoms with Crippen molar-refractivity contribution in [1.82, 2.24) is 0 Å². The first-order valence-corrected chi connectivity index (χ1v) is 6.28. The maximum Gasteiger partial charge on any atom is 0.407 e. The van der Waals surface area contributed by atoms with E-state index in [-0.39, 0.29) is 0 Å². The van der Waals surface area contributed by atoms with Crippen LogP contribution in [0.25, 0.3) is 0 Å². The number of rotatable bonds is 7. The van der Waals surface area contributed by atoms with Gasteiger partial charge in [0.1, 0.15) is 5.75 Å². The fourth-order valence-electron chi connectivity index (χ4n) is 1.77. The Labute approximate surface area is 108 Å². The molecule has 0 aliphatic carbocycles. The number of ether oxygens (including phenoxy) is 2. The third kappa shape index (κ3) is 5.08. The van der Waals surface area contributed by atoms with E-state index in [0.717, 1.165) is 19.3 Å². The number of nitrogens with two attached hydrogens (primary N) is 1. The Morgan fingerprint density at radius 1 is 1.28 bits per heavy atom. The lowest BCUT2D eigenvalue weighted by Crippen LogP contribution is -2.39. The van der Waals surface area contributed by atoms with E-state index in [4.69, 9.17) is 15.2 Å². The van der Waals surface area contributed by atoms with Gasteiger partial charge < -0.3 is 15.2 Å². The molecule has 0 aromatic heterocycles. The van der Waals surface area contributed by atoms with Gasteiger partial charge in [-0.15, -0.1) is 0 Å². The van der Waals surface area contributed by atoms with Crippen molar-refractivity contribution >= 4 is 6.09 Å². The Morgan fingerprint density at radius 2 is 1.94 bits per heavy atom. The van der Waals surface area contributed by atoms with Gasteiger partial charge in [-0.2, -0.15) is 0 Å². The van der Waals surface area contributed by atoms with Gasteiger partial charge in [-0.1, -0.05) is 38.0 Å². The van der Waals surface area contributed by atoms with Crippen LogP contribution >= 0.6 is 0 Å². The van der Waals surface area contributed by atoms with Gasteiger partial charge in [-0.05, 0) is 18.6 Å². The molecule has 100 valence electrons. The average Bonchev–Trinajstić information content (AvgIpc) is 2.29. The number of carbonyl (C=O) groups excluding carboxylic acids is 1. The summed E-state index contributed by atoms with van der Waals surface area (Å²) >= 11 is 0. The minimum absolute atomic E-state index is 0.624. The second kappa shape index (κ2) is 6.89. The fraction of sp³-hybridized carbons (Fsp3) is 0.500. The molecule has 0 aliphatic heterocycles. The van der Waals surface area contributed by atoms with Crippen molar-refractivity contribution in [1.29, 1.82) is 0 Å². The number of hydrogen-bond donors (Lipinski definition) is 1. The van der Waals surface area contributed by atoms with E-state index in [0.29, 0.717) is 12.2 Å². The van der Waals surface area contributed by atoms with Crippen LogP contribution in [0.2, 0.25) is 0 Å². The number of carbonyl (C=O) groups is 1. The van der Waals surface area contributed by atoms with Crippen LogP contribution in [0.1, 0.15) is 39.5 Å². The van der Waals surface area contributed by atoms with E-state index in [1.54, 1.807) is 6.92 Å². The maximum absolute atomic E-state index is 11.0. The highest BCUT2D eigenvalue weighted by molar-refractivity contribution is 5.65. The summed E-state index contributed by atoms with van der Waals surface area (Å²) in [4.78, 5) is 11.0. The molecule has 0 radical (unpaired) electrons. The number of amides is 1. The maximum atomic E-state index is 11.0. The Bertz CT molecular complexity index is 367. The lowest BCUT2D eigenvalue weighted by atomic mass is 10.1. The van der Waals surface area contributed by atoms with E-state index in [1.807, 2.05) is 30.3 Å². The number of hydrogen-bond acceptors (Lipinski definition) is 3. The standard InChI is InChI=1S/C14H21NO3/c1-3-4-8-11-14(2,18-13(15)16)17-12-9-6-5-7-10-12/h5-7,9-10H,3-4,8,11H2,1-2H3,(H2,15,16). The minimum Gasteiger partial charge on any atom is -0.452 e. The zero-order valence-electron chi connectivity index (χ0n) is 11.0. The van der Waals surface area contributed by atoms with Gasteiger partial charge in [0.15, 0.2) is 0 Å². The molecule has 0 fully saturated rings. The molecule has 1 rings (SSSR count). The molecule has 1 aromatic rings. The molecule has 1 aromatic carbocycles. The van der Waals surface area contributed by atoms with Crippen LogP contribution < -0.4 is 10.5 Å². The van der Waals surface area contributed by atoms with Crippen molar-refractivity contribution in [2.24, 2.45) is 5.73 Å². The average molecular weight is 251 g/mol. The molecule has 0 spiro atoms. The Hall–Kier alpha value is -1.71. The van der Waals surface area contributed by atoms with Crippen LogP contribution in [-0.4, -0.2) is 11.9 Å². The van der Waals surface area contributed by atoms with Crippen molar-refractivity contribution in [2.75, 3.05) is 0 Å². The second-order valence-corrected chi connectivity index (χ2v) is 4.43. The summed E-state index contributed by atoms with van der Waals surface area (Å²) in [5.41, 5.74) is 5.10. The summed E-state index contributed by atoms with van der Waals surface area (Å²) < 4.78 is 10.8. The first-order valence-electron chi connectivity index (χ1n) is 6.28. The molecule has 1 unspecified atom stereocenters. The summed E-state index contributed by atoms with van der Waals surface area (Å²) in [6.45, 7) is 3.85. The van der Waals surface area contributed by atoms with Crippen LogP contribution in [0.3, 0.4) is 0 Å². The van der Waals surface area contributed by atoms with Crippen molar-refractivity contribution in [3.8, 4) is 5.75 Å². The van der Waals surface area contributed by atoms with E-state index in [2.05, 4.69) is 6.92 Å². The zero-order chi connectivity index (χ0) is 13.4. The first-order chi connectivity index (χ1) is 8.56.